The molecule has 0 saturated heterocycles. The summed E-state index contributed by atoms with van der Waals surface area (Å²) in [6.45, 7) is 6.29. The van der Waals surface area contributed by atoms with Gasteiger partial charge in [-0.25, -0.2) is 0 Å². The quantitative estimate of drug-likeness (QED) is 0.713. The van der Waals surface area contributed by atoms with Gasteiger partial charge in [0.2, 0.25) is 0 Å². The molecule has 1 rings (SSSR count). The van der Waals surface area contributed by atoms with Crippen molar-refractivity contribution in [2.75, 3.05) is 19.8 Å². The number of hydrogen-bond acceptors (Lipinski definition) is 4. The monoisotopic (exact) mass is 276 g/mol. The molecule has 4 nitrogen and oxygen atoms in total. The van der Waals surface area contributed by atoms with Crippen molar-refractivity contribution in [1.29, 1.82) is 5.26 Å². The first-order chi connectivity index (χ1) is 9.80. The molecule has 0 fully saturated rings. The highest BCUT2D eigenvalue weighted by Gasteiger charge is 2.05. The minimum Gasteiger partial charge on any atom is -0.494 e. The van der Waals surface area contributed by atoms with Crippen molar-refractivity contribution >= 4 is 0 Å². The van der Waals surface area contributed by atoms with Gasteiger partial charge in [-0.2, -0.15) is 5.26 Å². The topological polar surface area (TPSA) is 54.3 Å². The molecule has 1 atom stereocenters. The van der Waals surface area contributed by atoms with Gasteiger partial charge in [0.25, 0.3) is 0 Å². The van der Waals surface area contributed by atoms with Gasteiger partial charge in [0.1, 0.15) is 11.5 Å². The maximum absolute atomic E-state index is 8.98. The van der Waals surface area contributed by atoms with Crippen molar-refractivity contribution in [2.45, 2.75) is 39.2 Å². The van der Waals surface area contributed by atoms with Gasteiger partial charge >= 0.3 is 0 Å². The van der Waals surface area contributed by atoms with E-state index in [1.807, 2.05) is 24.3 Å². The van der Waals surface area contributed by atoms with E-state index >= 15 is 0 Å². The Morgan fingerprint density at radius 2 is 1.65 bits per heavy atom. The van der Waals surface area contributed by atoms with Crippen LogP contribution in [0.3, 0.4) is 0 Å². The molecule has 0 radical (unpaired) electrons. The average molecular weight is 276 g/mol. The van der Waals surface area contributed by atoms with Gasteiger partial charge in [-0.3, -0.25) is 0 Å². The Morgan fingerprint density at radius 1 is 1.05 bits per heavy atom. The largest absolute Gasteiger partial charge is 0.494 e. The number of nitrogens with zero attached hydrogens (tertiary/aromatic N) is 1. The first-order valence-corrected chi connectivity index (χ1v) is 7.28. The molecule has 0 aliphatic heterocycles. The highest BCUT2D eigenvalue weighted by atomic mass is 16.5. The molecule has 4 heteroatoms. The van der Waals surface area contributed by atoms with Gasteiger partial charge in [0.15, 0.2) is 0 Å². The van der Waals surface area contributed by atoms with Gasteiger partial charge in [-0.15, -0.1) is 0 Å². The van der Waals surface area contributed by atoms with Gasteiger partial charge in [0, 0.05) is 6.42 Å². The highest BCUT2D eigenvalue weighted by Crippen LogP contribution is 2.17. The lowest BCUT2D eigenvalue weighted by molar-refractivity contribution is 0.295. The summed E-state index contributed by atoms with van der Waals surface area (Å²) >= 11 is 0. The van der Waals surface area contributed by atoms with E-state index in [-0.39, 0.29) is 6.04 Å². The van der Waals surface area contributed by atoms with Gasteiger partial charge in [-0.05, 0) is 43.7 Å². The Hall–Kier alpha value is -1.73. The van der Waals surface area contributed by atoms with E-state index < -0.39 is 0 Å². The van der Waals surface area contributed by atoms with Crippen molar-refractivity contribution in [1.82, 2.24) is 5.32 Å². The van der Waals surface area contributed by atoms with Crippen LogP contribution < -0.4 is 14.8 Å². The molecule has 110 valence electrons. The predicted molar refractivity (Wildman–Crippen MR) is 80.0 cm³/mol. The molecular weight excluding hydrogens is 252 g/mol. The lowest BCUT2D eigenvalue weighted by atomic mass is 10.2. The average Bonchev–Trinajstić information content (AvgIpc) is 2.49. The van der Waals surface area contributed by atoms with Crippen LogP contribution in [0.1, 0.15) is 33.1 Å². The molecule has 0 aromatic heterocycles. The Labute approximate surface area is 121 Å². The van der Waals surface area contributed by atoms with Crippen molar-refractivity contribution in [3.63, 3.8) is 0 Å². The molecule has 1 N–H and O–H groups in total. The second-order valence-corrected chi connectivity index (χ2v) is 4.59. The third-order valence-electron chi connectivity index (χ3n) is 2.77. The summed E-state index contributed by atoms with van der Waals surface area (Å²) in [5.74, 6) is 1.67. The minimum atomic E-state index is -0.137. The van der Waals surface area contributed by atoms with Gasteiger partial charge < -0.3 is 14.8 Å². The maximum Gasteiger partial charge on any atom is 0.119 e. The SMILES string of the molecule is CCCNC(C#N)CCOc1ccc(OCCC)cc1. The van der Waals surface area contributed by atoms with Crippen LogP contribution >= 0.6 is 0 Å². The third kappa shape index (κ3) is 6.44. The zero-order chi connectivity index (χ0) is 14.6. The zero-order valence-corrected chi connectivity index (χ0v) is 12.4. The number of nitrogens with one attached hydrogen (secondary N) is 1. The number of ether oxygens (including phenoxy) is 2. The van der Waals surface area contributed by atoms with Crippen LogP contribution in [0, 0.1) is 11.3 Å². The molecule has 1 aromatic carbocycles. The molecule has 0 aliphatic carbocycles. The lowest BCUT2D eigenvalue weighted by Gasteiger charge is -2.12. The molecule has 0 aliphatic rings. The maximum atomic E-state index is 8.98. The Morgan fingerprint density at radius 3 is 2.15 bits per heavy atom. The van der Waals surface area contributed by atoms with E-state index in [0.29, 0.717) is 13.0 Å². The highest BCUT2D eigenvalue weighted by molar-refractivity contribution is 5.31. The lowest BCUT2D eigenvalue weighted by Crippen LogP contribution is -2.29. The molecule has 0 saturated carbocycles. The summed E-state index contributed by atoms with van der Waals surface area (Å²) in [5.41, 5.74) is 0. The van der Waals surface area contributed by atoms with E-state index in [2.05, 4.69) is 25.2 Å². The minimum absolute atomic E-state index is 0.137. The number of benzene rings is 1. The van der Waals surface area contributed by atoms with Crippen molar-refractivity contribution in [3.05, 3.63) is 24.3 Å². The number of rotatable bonds is 10. The van der Waals surface area contributed by atoms with E-state index in [9.17, 15) is 0 Å². The van der Waals surface area contributed by atoms with Crippen molar-refractivity contribution in [3.8, 4) is 17.6 Å². The summed E-state index contributed by atoms with van der Waals surface area (Å²) < 4.78 is 11.1. The Kier molecular flexibility index (Phi) is 8.25. The van der Waals surface area contributed by atoms with Gasteiger partial charge in [-0.1, -0.05) is 13.8 Å². The van der Waals surface area contributed by atoms with Crippen molar-refractivity contribution < 1.29 is 9.47 Å². The van der Waals surface area contributed by atoms with E-state index in [1.165, 1.54) is 0 Å². The van der Waals surface area contributed by atoms with Crippen LogP contribution in [-0.4, -0.2) is 25.8 Å². The Bertz CT molecular complexity index is 398. The fourth-order valence-corrected chi connectivity index (χ4v) is 1.68. The first kappa shape index (κ1) is 16.3. The third-order valence-corrected chi connectivity index (χ3v) is 2.77. The summed E-state index contributed by atoms with van der Waals surface area (Å²) in [6, 6.07) is 9.71. The van der Waals surface area contributed by atoms with Gasteiger partial charge in [0.05, 0.1) is 25.3 Å². The molecule has 0 bridgehead atoms. The van der Waals surface area contributed by atoms with E-state index in [4.69, 9.17) is 14.7 Å². The second-order valence-electron chi connectivity index (χ2n) is 4.59. The normalized spacial score (nSPS) is 11.7. The van der Waals surface area contributed by atoms with Crippen LogP contribution in [0.2, 0.25) is 0 Å². The second kappa shape index (κ2) is 10.1. The molecule has 0 amide bonds. The summed E-state index contributed by atoms with van der Waals surface area (Å²) in [7, 11) is 0. The summed E-state index contributed by atoms with van der Waals surface area (Å²) in [5, 5.41) is 12.2. The predicted octanol–water partition coefficient (Wildman–Crippen LogP) is 3.14. The molecule has 1 unspecified atom stereocenters. The van der Waals surface area contributed by atoms with Crippen LogP contribution in [0.4, 0.5) is 0 Å². The van der Waals surface area contributed by atoms with E-state index in [1.54, 1.807) is 0 Å². The first-order valence-electron chi connectivity index (χ1n) is 7.28. The number of hydrogen-bond donors (Lipinski definition) is 1. The Balaban J connectivity index is 2.29. The molecule has 0 heterocycles. The summed E-state index contributed by atoms with van der Waals surface area (Å²) in [6.07, 6.45) is 2.71. The fourth-order valence-electron chi connectivity index (χ4n) is 1.68. The van der Waals surface area contributed by atoms with Crippen LogP contribution in [-0.2, 0) is 0 Å². The molecule has 20 heavy (non-hydrogen) atoms. The van der Waals surface area contributed by atoms with Crippen molar-refractivity contribution in [2.24, 2.45) is 0 Å². The van der Waals surface area contributed by atoms with Crippen LogP contribution in [0.15, 0.2) is 24.3 Å². The zero-order valence-electron chi connectivity index (χ0n) is 12.4. The smallest absolute Gasteiger partial charge is 0.119 e. The fraction of sp³-hybridized carbons (Fsp3) is 0.562. The standard InChI is InChI=1S/C16H24N2O2/c1-3-10-18-14(13-17)9-12-20-16-7-5-15(6-8-16)19-11-4-2/h5-8,14,18H,3-4,9-12H2,1-2H3. The number of nitriles is 1. The molecular formula is C16H24N2O2. The van der Waals surface area contributed by atoms with Crippen LogP contribution in [0.5, 0.6) is 11.5 Å². The molecule has 1 aromatic rings. The van der Waals surface area contributed by atoms with E-state index in [0.717, 1.165) is 37.5 Å². The van der Waals surface area contributed by atoms with Crippen LogP contribution in [0.25, 0.3) is 0 Å². The summed E-state index contributed by atoms with van der Waals surface area (Å²) in [4.78, 5) is 0. The molecule has 0 spiro atoms.